The van der Waals surface area contributed by atoms with Gasteiger partial charge in [0.25, 0.3) is 10.0 Å². The maximum Gasteiger partial charge on any atom is 0.260 e. The van der Waals surface area contributed by atoms with Crippen LogP contribution in [0.2, 0.25) is 0 Å². The highest BCUT2D eigenvalue weighted by molar-refractivity contribution is 7.89. The lowest BCUT2D eigenvalue weighted by molar-refractivity contribution is 0.362. The summed E-state index contributed by atoms with van der Waals surface area (Å²) in [7, 11) is -3.44. The summed E-state index contributed by atoms with van der Waals surface area (Å²) in [6.45, 7) is 4.16. The molecule has 1 atom stereocenters. The molecule has 0 spiro atoms. The number of unbranched alkanes of at least 4 members (excludes halogenated alkanes) is 1. The number of hydrogen-bond donors (Lipinski definition) is 2. The van der Waals surface area contributed by atoms with E-state index < -0.39 is 10.0 Å². The number of rotatable bonds is 7. The third-order valence-corrected chi connectivity index (χ3v) is 5.24. The first-order valence-electron chi connectivity index (χ1n) is 6.87. The first-order valence-corrected chi connectivity index (χ1v) is 8.31. The maximum absolute atomic E-state index is 12.5. The molecular weight excluding hydrogens is 264 g/mol. The second-order valence-corrected chi connectivity index (χ2v) is 6.84. The quantitative estimate of drug-likeness (QED) is 0.782. The molecule has 1 aliphatic rings. The molecule has 0 bridgehead atoms. The molecule has 1 fully saturated rings. The van der Waals surface area contributed by atoms with Gasteiger partial charge in [-0.15, -0.1) is 0 Å². The van der Waals surface area contributed by atoms with Crippen molar-refractivity contribution < 1.29 is 8.42 Å². The van der Waals surface area contributed by atoms with Gasteiger partial charge < -0.3 is 5.32 Å². The lowest BCUT2D eigenvalue weighted by Gasteiger charge is -2.24. The Balaban J connectivity index is 2.11. The number of hydrogen-bond acceptors (Lipinski definition) is 4. The largest absolute Gasteiger partial charge is 0.313 e. The highest BCUT2D eigenvalue weighted by Gasteiger charge is 2.28. The molecule has 1 aromatic heterocycles. The molecule has 0 aliphatic carbocycles. The van der Waals surface area contributed by atoms with Crippen LogP contribution in [0, 0.1) is 0 Å². The lowest BCUT2D eigenvalue weighted by atomic mass is 10.2. The Hall–Kier alpha value is -0.920. The van der Waals surface area contributed by atoms with E-state index in [4.69, 9.17) is 0 Å². The Morgan fingerprint density at radius 3 is 2.95 bits per heavy atom. The Bertz CT molecular complexity index is 466. The summed E-state index contributed by atoms with van der Waals surface area (Å²) < 4.78 is 26.6. The Kier molecular flexibility index (Phi) is 4.95. The zero-order valence-corrected chi connectivity index (χ0v) is 12.1. The van der Waals surface area contributed by atoms with E-state index in [-0.39, 0.29) is 11.1 Å². The van der Waals surface area contributed by atoms with Crippen LogP contribution >= 0.6 is 0 Å². The third-order valence-electron chi connectivity index (χ3n) is 3.44. The average molecular weight is 286 g/mol. The van der Waals surface area contributed by atoms with E-state index in [1.807, 2.05) is 0 Å². The van der Waals surface area contributed by atoms with Gasteiger partial charge in [-0.1, -0.05) is 13.3 Å². The second-order valence-electron chi connectivity index (χ2n) is 4.93. The summed E-state index contributed by atoms with van der Waals surface area (Å²) in [4.78, 5) is 0. The second kappa shape index (κ2) is 6.49. The molecule has 1 aliphatic heterocycles. The van der Waals surface area contributed by atoms with Crippen molar-refractivity contribution in [2.75, 3.05) is 19.6 Å². The molecule has 0 saturated carbocycles. The number of nitrogens with zero attached hydrogens (tertiary/aromatic N) is 2. The smallest absolute Gasteiger partial charge is 0.260 e. The van der Waals surface area contributed by atoms with Crippen molar-refractivity contribution in [2.45, 2.75) is 43.7 Å². The van der Waals surface area contributed by atoms with Crippen LogP contribution < -0.4 is 5.32 Å². The van der Waals surface area contributed by atoms with Gasteiger partial charge >= 0.3 is 0 Å². The first kappa shape index (κ1) is 14.5. The van der Waals surface area contributed by atoms with Crippen LogP contribution in [-0.2, 0) is 10.0 Å². The van der Waals surface area contributed by atoms with Crippen molar-refractivity contribution in [2.24, 2.45) is 0 Å². The van der Waals surface area contributed by atoms with E-state index in [0.717, 1.165) is 32.2 Å². The minimum Gasteiger partial charge on any atom is -0.313 e. The van der Waals surface area contributed by atoms with Gasteiger partial charge in [0.05, 0.1) is 6.20 Å². The van der Waals surface area contributed by atoms with Gasteiger partial charge in [-0.2, -0.15) is 9.40 Å². The minimum absolute atomic E-state index is 0.182. The highest BCUT2D eigenvalue weighted by atomic mass is 32.2. The Morgan fingerprint density at radius 1 is 1.53 bits per heavy atom. The molecule has 108 valence electrons. The fraction of sp³-hybridized carbons (Fsp3) is 0.750. The SMILES string of the molecule is CCCCN(CC1CCCN1)S(=O)(=O)c1ccn[nH]1. The van der Waals surface area contributed by atoms with Crippen molar-refractivity contribution in [3.05, 3.63) is 12.3 Å². The van der Waals surface area contributed by atoms with Crippen molar-refractivity contribution >= 4 is 10.0 Å². The van der Waals surface area contributed by atoms with Crippen LogP contribution in [0.25, 0.3) is 0 Å². The van der Waals surface area contributed by atoms with Crippen LogP contribution in [-0.4, -0.2) is 48.6 Å². The van der Waals surface area contributed by atoms with Gasteiger partial charge in [-0.05, 0) is 31.9 Å². The normalized spacial score (nSPS) is 20.2. The standard InChI is InChI=1S/C12H22N4O2S/c1-2-3-9-16(10-11-5-4-7-13-11)19(17,18)12-6-8-14-15-12/h6,8,11,13H,2-5,7,9-10H2,1H3,(H,14,15). The Morgan fingerprint density at radius 2 is 2.37 bits per heavy atom. The van der Waals surface area contributed by atoms with Crippen molar-refractivity contribution in [1.82, 2.24) is 19.8 Å². The molecule has 0 amide bonds. The van der Waals surface area contributed by atoms with E-state index in [2.05, 4.69) is 22.4 Å². The summed E-state index contributed by atoms with van der Waals surface area (Å²) in [6.07, 6.45) is 5.49. The number of aromatic amines is 1. The van der Waals surface area contributed by atoms with Gasteiger partial charge in [0.2, 0.25) is 0 Å². The average Bonchev–Trinajstić information content (AvgIpc) is 3.06. The number of aromatic nitrogens is 2. The fourth-order valence-corrected chi connectivity index (χ4v) is 3.75. The summed E-state index contributed by atoms with van der Waals surface area (Å²) >= 11 is 0. The third kappa shape index (κ3) is 3.55. The molecule has 6 nitrogen and oxygen atoms in total. The highest BCUT2D eigenvalue weighted by Crippen LogP contribution is 2.16. The number of sulfonamides is 1. The van der Waals surface area contributed by atoms with Crippen molar-refractivity contribution in [3.63, 3.8) is 0 Å². The number of nitrogens with one attached hydrogen (secondary N) is 2. The monoisotopic (exact) mass is 286 g/mol. The zero-order valence-electron chi connectivity index (χ0n) is 11.3. The molecule has 2 heterocycles. The topological polar surface area (TPSA) is 78.1 Å². The van der Waals surface area contributed by atoms with Gasteiger partial charge in [-0.3, -0.25) is 5.10 Å². The minimum atomic E-state index is -3.44. The van der Waals surface area contributed by atoms with Gasteiger partial charge in [0.1, 0.15) is 0 Å². The number of H-pyrrole nitrogens is 1. The van der Waals surface area contributed by atoms with E-state index in [1.54, 1.807) is 4.31 Å². The predicted octanol–water partition coefficient (Wildman–Crippen LogP) is 0.952. The van der Waals surface area contributed by atoms with Gasteiger partial charge in [0, 0.05) is 19.1 Å². The maximum atomic E-state index is 12.5. The molecule has 1 aromatic rings. The van der Waals surface area contributed by atoms with Crippen LogP contribution in [0.3, 0.4) is 0 Å². The summed E-state index contributed by atoms with van der Waals surface area (Å²) in [5.41, 5.74) is 0. The van der Waals surface area contributed by atoms with Crippen LogP contribution in [0.4, 0.5) is 0 Å². The van der Waals surface area contributed by atoms with Crippen LogP contribution in [0.5, 0.6) is 0 Å². The molecule has 2 N–H and O–H groups in total. The summed E-state index contributed by atoms with van der Waals surface area (Å²) in [5.74, 6) is 0. The molecule has 2 rings (SSSR count). The predicted molar refractivity (Wildman–Crippen MR) is 73.3 cm³/mol. The Labute approximate surface area is 114 Å². The van der Waals surface area contributed by atoms with Gasteiger partial charge in [0.15, 0.2) is 5.03 Å². The lowest BCUT2D eigenvalue weighted by Crippen LogP contribution is -2.41. The molecule has 1 saturated heterocycles. The molecule has 0 aromatic carbocycles. The van der Waals surface area contributed by atoms with E-state index in [0.29, 0.717) is 13.1 Å². The summed E-state index contributed by atoms with van der Waals surface area (Å²) in [5, 5.41) is 9.83. The van der Waals surface area contributed by atoms with Crippen molar-refractivity contribution in [1.29, 1.82) is 0 Å². The van der Waals surface area contributed by atoms with E-state index in [9.17, 15) is 8.42 Å². The first-order chi connectivity index (χ1) is 9.14. The van der Waals surface area contributed by atoms with Gasteiger partial charge in [-0.25, -0.2) is 8.42 Å². The van der Waals surface area contributed by atoms with E-state index in [1.165, 1.54) is 12.3 Å². The fourth-order valence-electron chi connectivity index (χ4n) is 2.33. The summed E-state index contributed by atoms with van der Waals surface area (Å²) in [6, 6.07) is 1.78. The van der Waals surface area contributed by atoms with Crippen molar-refractivity contribution in [3.8, 4) is 0 Å². The molecular formula is C12H22N4O2S. The van der Waals surface area contributed by atoms with E-state index >= 15 is 0 Å². The molecule has 1 unspecified atom stereocenters. The zero-order chi connectivity index (χ0) is 13.7. The molecule has 7 heteroatoms. The molecule has 0 radical (unpaired) electrons. The van der Waals surface area contributed by atoms with Crippen LogP contribution in [0.15, 0.2) is 17.3 Å². The molecule has 19 heavy (non-hydrogen) atoms. The van der Waals surface area contributed by atoms with Crippen LogP contribution in [0.1, 0.15) is 32.6 Å².